The summed E-state index contributed by atoms with van der Waals surface area (Å²) in [7, 11) is 0. The minimum atomic E-state index is 0.219. The molecule has 0 radical (unpaired) electrons. The lowest BCUT2D eigenvalue weighted by Gasteiger charge is -2.08. The van der Waals surface area contributed by atoms with Gasteiger partial charge < -0.3 is 10.5 Å². The summed E-state index contributed by atoms with van der Waals surface area (Å²) in [4.78, 5) is 7.82. The van der Waals surface area contributed by atoms with Crippen molar-refractivity contribution in [1.82, 2.24) is 9.97 Å². The van der Waals surface area contributed by atoms with Crippen LogP contribution in [0.3, 0.4) is 0 Å². The van der Waals surface area contributed by atoms with Gasteiger partial charge in [-0.3, -0.25) is 4.98 Å². The smallest absolute Gasteiger partial charge is 0.234 e. The Balaban J connectivity index is 2.13. The van der Waals surface area contributed by atoms with E-state index in [0.29, 0.717) is 27.3 Å². The largest absolute Gasteiger partial charge is 0.472 e. The van der Waals surface area contributed by atoms with Gasteiger partial charge in [0.25, 0.3) is 0 Å². The molecule has 0 amide bonds. The summed E-state index contributed by atoms with van der Waals surface area (Å²) in [6.45, 7) is 0.219. The van der Waals surface area contributed by atoms with E-state index in [1.54, 1.807) is 18.2 Å². The van der Waals surface area contributed by atoms with E-state index >= 15 is 0 Å². The van der Waals surface area contributed by atoms with Crippen molar-refractivity contribution in [3.63, 3.8) is 0 Å². The van der Waals surface area contributed by atoms with E-state index in [1.165, 1.54) is 12.4 Å². The van der Waals surface area contributed by atoms with Gasteiger partial charge in [-0.2, -0.15) is 4.98 Å². The highest BCUT2D eigenvalue weighted by Crippen LogP contribution is 2.25. The Kier molecular flexibility index (Phi) is 3.66. The van der Waals surface area contributed by atoms with Crippen LogP contribution in [0.1, 0.15) is 5.56 Å². The second kappa shape index (κ2) is 5.21. The second-order valence-corrected chi connectivity index (χ2v) is 4.09. The molecule has 0 unspecified atom stereocenters. The van der Waals surface area contributed by atoms with E-state index in [9.17, 15) is 0 Å². The lowest BCUT2D eigenvalue weighted by molar-refractivity contribution is 0.293. The Morgan fingerprint density at radius 1 is 1.18 bits per heavy atom. The van der Waals surface area contributed by atoms with Crippen LogP contribution >= 0.6 is 23.2 Å². The number of nitrogens with zero attached hydrogens (tertiary/aromatic N) is 2. The van der Waals surface area contributed by atoms with Crippen LogP contribution in [-0.2, 0) is 6.61 Å². The van der Waals surface area contributed by atoms with Crippen molar-refractivity contribution in [3.05, 3.63) is 46.2 Å². The number of hydrogen-bond donors (Lipinski definition) is 1. The molecular weight excluding hydrogens is 261 g/mol. The van der Waals surface area contributed by atoms with Crippen LogP contribution in [-0.4, -0.2) is 9.97 Å². The molecule has 0 fully saturated rings. The van der Waals surface area contributed by atoms with E-state index in [1.807, 2.05) is 0 Å². The highest BCUT2D eigenvalue weighted by molar-refractivity contribution is 6.35. The van der Waals surface area contributed by atoms with E-state index in [-0.39, 0.29) is 6.61 Å². The predicted octanol–water partition coefficient (Wildman–Crippen LogP) is 2.94. The molecule has 0 aliphatic rings. The number of ether oxygens (including phenoxy) is 1. The Bertz CT molecular complexity index is 514. The quantitative estimate of drug-likeness (QED) is 0.931. The van der Waals surface area contributed by atoms with Gasteiger partial charge in [-0.25, -0.2) is 0 Å². The van der Waals surface area contributed by atoms with Gasteiger partial charge in [-0.1, -0.05) is 29.3 Å². The Morgan fingerprint density at radius 3 is 2.53 bits per heavy atom. The molecule has 0 aliphatic carbocycles. The molecule has 88 valence electrons. The number of nitrogen functional groups attached to an aromatic ring is 1. The molecule has 0 aliphatic heterocycles. The van der Waals surface area contributed by atoms with Crippen LogP contribution in [0.4, 0.5) is 5.82 Å². The lowest BCUT2D eigenvalue weighted by Crippen LogP contribution is -2.01. The summed E-state index contributed by atoms with van der Waals surface area (Å²) in [5.41, 5.74) is 6.19. The van der Waals surface area contributed by atoms with E-state index in [2.05, 4.69) is 9.97 Å². The Morgan fingerprint density at radius 2 is 1.88 bits per heavy atom. The summed E-state index contributed by atoms with van der Waals surface area (Å²) in [5.74, 6) is 0.633. The maximum Gasteiger partial charge on any atom is 0.234 e. The van der Waals surface area contributed by atoms with Crippen molar-refractivity contribution in [2.75, 3.05) is 5.73 Å². The lowest BCUT2D eigenvalue weighted by atomic mass is 10.2. The maximum absolute atomic E-state index is 6.00. The molecular formula is C11H9Cl2N3O. The first-order valence-electron chi connectivity index (χ1n) is 4.80. The minimum Gasteiger partial charge on any atom is -0.472 e. The van der Waals surface area contributed by atoms with Gasteiger partial charge in [0.15, 0.2) is 0 Å². The van der Waals surface area contributed by atoms with Crippen molar-refractivity contribution in [1.29, 1.82) is 0 Å². The third kappa shape index (κ3) is 2.99. The fourth-order valence-corrected chi connectivity index (χ4v) is 1.75. The van der Waals surface area contributed by atoms with Gasteiger partial charge >= 0.3 is 0 Å². The van der Waals surface area contributed by atoms with Gasteiger partial charge in [0.1, 0.15) is 12.4 Å². The molecule has 17 heavy (non-hydrogen) atoms. The Labute approximate surface area is 108 Å². The zero-order valence-electron chi connectivity index (χ0n) is 8.73. The summed E-state index contributed by atoms with van der Waals surface area (Å²) in [6.07, 6.45) is 2.91. The average molecular weight is 270 g/mol. The number of aromatic nitrogens is 2. The van der Waals surface area contributed by atoms with Crippen molar-refractivity contribution in [3.8, 4) is 5.88 Å². The maximum atomic E-state index is 6.00. The van der Waals surface area contributed by atoms with E-state index < -0.39 is 0 Å². The highest BCUT2D eigenvalue weighted by atomic mass is 35.5. The SMILES string of the molecule is Nc1cncc(OCc2c(Cl)cccc2Cl)n1. The molecule has 0 atom stereocenters. The van der Waals surface area contributed by atoms with Gasteiger partial charge in [0, 0.05) is 15.6 Å². The first kappa shape index (κ1) is 12.0. The van der Waals surface area contributed by atoms with Crippen LogP contribution < -0.4 is 10.5 Å². The molecule has 0 saturated heterocycles. The summed E-state index contributed by atoms with van der Waals surface area (Å²) in [5, 5.41) is 1.10. The van der Waals surface area contributed by atoms with Crippen molar-refractivity contribution < 1.29 is 4.74 Å². The van der Waals surface area contributed by atoms with Gasteiger partial charge in [-0.05, 0) is 12.1 Å². The number of benzene rings is 1. The fourth-order valence-electron chi connectivity index (χ4n) is 1.25. The molecule has 1 aromatic heterocycles. The van der Waals surface area contributed by atoms with Crippen LogP contribution in [0, 0.1) is 0 Å². The van der Waals surface area contributed by atoms with Gasteiger partial charge in [0.2, 0.25) is 5.88 Å². The van der Waals surface area contributed by atoms with Gasteiger partial charge in [-0.15, -0.1) is 0 Å². The fraction of sp³-hybridized carbons (Fsp3) is 0.0909. The molecule has 6 heteroatoms. The second-order valence-electron chi connectivity index (χ2n) is 3.27. The third-order valence-corrected chi connectivity index (χ3v) is 2.77. The summed E-state index contributed by atoms with van der Waals surface area (Å²) >= 11 is 12.0. The Hall–Kier alpha value is -1.52. The zero-order valence-corrected chi connectivity index (χ0v) is 10.2. The van der Waals surface area contributed by atoms with Crippen molar-refractivity contribution in [2.24, 2.45) is 0 Å². The normalized spacial score (nSPS) is 10.2. The molecule has 0 bridgehead atoms. The zero-order chi connectivity index (χ0) is 12.3. The van der Waals surface area contributed by atoms with Crippen LogP contribution in [0.2, 0.25) is 10.0 Å². The summed E-state index contributed by atoms with van der Waals surface area (Å²) in [6, 6.07) is 5.27. The first-order valence-corrected chi connectivity index (χ1v) is 5.55. The molecule has 2 aromatic rings. The number of anilines is 1. The van der Waals surface area contributed by atoms with Crippen molar-refractivity contribution >= 4 is 29.0 Å². The van der Waals surface area contributed by atoms with Crippen LogP contribution in [0.15, 0.2) is 30.6 Å². The number of rotatable bonds is 3. The third-order valence-electron chi connectivity index (χ3n) is 2.06. The molecule has 4 nitrogen and oxygen atoms in total. The average Bonchev–Trinajstić information content (AvgIpc) is 2.28. The topological polar surface area (TPSA) is 61.0 Å². The minimum absolute atomic E-state index is 0.219. The number of halogens is 2. The molecule has 2 N–H and O–H groups in total. The van der Waals surface area contributed by atoms with Crippen molar-refractivity contribution in [2.45, 2.75) is 6.61 Å². The highest BCUT2D eigenvalue weighted by Gasteiger charge is 2.06. The molecule has 2 rings (SSSR count). The first-order chi connectivity index (χ1) is 8.16. The van der Waals surface area contributed by atoms with E-state index in [4.69, 9.17) is 33.7 Å². The number of nitrogens with two attached hydrogens (primary N) is 1. The summed E-state index contributed by atoms with van der Waals surface area (Å²) < 4.78 is 5.41. The van der Waals surface area contributed by atoms with E-state index in [0.717, 1.165) is 0 Å². The monoisotopic (exact) mass is 269 g/mol. The predicted molar refractivity (Wildman–Crippen MR) is 67.2 cm³/mol. The number of hydrogen-bond acceptors (Lipinski definition) is 4. The molecule has 1 aromatic carbocycles. The van der Waals surface area contributed by atoms with Gasteiger partial charge in [0.05, 0.1) is 12.4 Å². The molecule has 1 heterocycles. The molecule has 0 spiro atoms. The van der Waals surface area contributed by atoms with Crippen LogP contribution in [0.5, 0.6) is 5.88 Å². The molecule has 0 saturated carbocycles. The standard InChI is InChI=1S/C11H9Cl2N3O/c12-8-2-1-3-9(13)7(8)6-17-11-5-15-4-10(14)16-11/h1-5H,6H2,(H2,14,16). The van der Waals surface area contributed by atoms with Crippen LogP contribution in [0.25, 0.3) is 0 Å².